The highest BCUT2D eigenvalue weighted by atomic mass is 32.2. The Morgan fingerprint density at radius 3 is 2.90 bits per heavy atom. The summed E-state index contributed by atoms with van der Waals surface area (Å²) in [7, 11) is -3.17. The molecule has 0 unspecified atom stereocenters. The molecule has 1 aliphatic heterocycles. The second kappa shape index (κ2) is 5.42. The van der Waals surface area contributed by atoms with Gasteiger partial charge in [0.25, 0.3) is 0 Å². The summed E-state index contributed by atoms with van der Waals surface area (Å²) < 4.78 is 23.8. The maximum Gasteiger partial charge on any atom is 0.227 e. The van der Waals surface area contributed by atoms with Crippen molar-refractivity contribution >= 4 is 21.4 Å². The maximum atomic E-state index is 12.3. The first-order chi connectivity index (χ1) is 10.0. The van der Waals surface area contributed by atoms with Crippen LogP contribution in [0, 0.1) is 11.8 Å². The van der Waals surface area contributed by atoms with Crippen LogP contribution in [0.2, 0.25) is 0 Å². The molecule has 1 fully saturated rings. The fourth-order valence-corrected chi connectivity index (χ4v) is 4.97. The largest absolute Gasteiger partial charge is 0.330 e. The number of hydrogen-bond acceptors (Lipinski definition) is 4. The lowest BCUT2D eigenvalue weighted by atomic mass is 9.95. The van der Waals surface area contributed by atoms with Crippen molar-refractivity contribution in [2.24, 2.45) is 17.6 Å². The van der Waals surface area contributed by atoms with Crippen molar-refractivity contribution in [1.82, 2.24) is 0 Å². The fraction of sp³-hybridized carbons (Fsp3) is 0.533. The first kappa shape index (κ1) is 14.5. The third kappa shape index (κ3) is 2.70. The summed E-state index contributed by atoms with van der Waals surface area (Å²) in [6.45, 7) is 0.524. The number of aryl methyl sites for hydroxylation is 1. The minimum atomic E-state index is -3.17. The number of fused-ring (bicyclic) bond motifs is 1. The van der Waals surface area contributed by atoms with Gasteiger partial charge in [0.2, 0.25) is 5.91 Å². The molecule has 0 aromatic heterocycles. The number of nitrogens with one attached hydrogen (secondary N) is 1. The van der Waals surface area contributed by atoms with Gasteiger partial charge < -0.3 is 11.1 Å². The van der Waals surface area contributed by atoms with E-state index in [1.165, 1.54) is 0 Å². The standard InChI is InChI=1S/C15H20N2O3S/c16-9-11-2-1-3-13(11)15(18)17-12-5-4-10-6-7-21(19,20)14(10)8-12/h4-5,8,11,13H,1-3,6-7,9,16H2,(H,17,18)/t11-,13-/m1/s1. The van der Waals surface area contributed by atoms with Crippen molar-refractivity contribution in [3.8, 4) is 0 Å². The number of nitrogens with two attached hydrogens (primary N) is 1. The summed E-state index contributed by atoms with van der Waals surface area (Å²) >= 11 is 0. The zero-order valence-corrected chi connectivity index (χ0v) is 12.7. The van der Waals surface area contributed by atoms with Crippen molar-refractivity contribution in [2.45, 2.75) is 30.6 Å². The van der Waals surface area contributed by atoms with Crippen molar-refractivity contribution < 1.29 is 13.2 Å². The van der Waals surface area contributed by atoms with E-state index < -0.39 is 9.84 Å². The lowest BCUT2D eigenvalue weighted by molar-refractivity contribution is -0.120. The van der Waals surface area contributed by atoms with E-state index in [1.54, 1.807) is 18.2 Å². The number of anilines is 1. The van der Waals surface area contributed by atoms with E-state index in [1.807, 2.05) is 0 Å². The predicted octanol–water partition coefficient (Wildman–Crippen LogP) is 1.33. The first-order valence-corrected chi connectivity index (χ1v) is 9.03. The van der Waals surface area contributed by atoms with E-state index in [9.17, 15) is 13.2 Å². The SMILES string of the molecule is NC[C@H]1CCC[C@H]1C(=O)Nc1ccc2c(c1)S(=O)(=O)CC2. The Morgan fingerprint density at radius 1 is 1.33 bits per heavy atom. The van der Waals surface area contributed by atoms with Crippen LogP contribution >= 0.6 is 0 Å². The lowest BCUT2D eigenvalue weighted by Crippen LogP contribution is -2.29. The average Bonchev–Trinajstić information content (AvgIpc) is 3.04. The minimum absolute atomic E-state index is 0.0432. The first-order valence-electron chi connectivity index (χ1n) is 7.38. The minimum Gasteiger partial charge on any atom is -0.330 e. The molecule has 3 rings (SSSR count). The van der Waals surface area contributed by atoms with Crippen LogP contribution in [0.4, 0.5) is 5.69 Å². The molecule has 1 aromatic rings. The molecule has 1 heterocycles. The third-order valence-electron chi connectivity index (χ3n) is 4.61. The van der Waals surface area contributed by atoms with Crippen LogP contribution < -0.4 is 11.1 Å². The molecule has 1 aliphatic carbocycles. The van der Waals surface area contributed by atoms with Gasteiger partial charge in [-0.2, -0.15) is 0 Å². The van der Waals surface area contributed by atoms with Gasteiger partial charge in [-0.1, -0.05) is 12.5 Å². The molecule has 0 radical (unpaired) electrons. The number of benzene rings is 1. The van der Waals surface area contributed by atoms with Crippen LogP contribution in [0.1, 0.15) is 24.8 Å². The second-order valence-corrected chi connectivity index (χ2v) is 7.99. The summed E-state index contributed by atoms with van der Waals surface area (Å²) in [5.74, 6) is 0.304. The number of carbonyl (C=O) groups is 1. The summed E-state index contributed by atoms with van der Waals surface area (Å²) in [6.07, 6.45) is 3.44. The van der Waals surface area contributed by atoms with Gasteiger partial charge >= 0.3 is 0 Å². The van der Waals surface area contributed by atoms with Gasteiger partial charge in [-0.15, -0.1) is 0 Å². The summed E-state index contributed by atoms with van der Waals surface area (Å²) in [5.41, 5.74) is 7.11. The normalized spacial score (nSPS) is 26.5. The fourth-order valence-electron chi connectivity index (χ4n) is 3.38. The molecule has 5 nitrogen and oxygen atoms in total. The molecule has 0 saturated heterocycles. The quantitative estimate of drug-likeness (QED) is 0.881. The summed E-state index contributed by atoms with van der Waals surface area (Å²) in [6, 6.07) is 5.16. The molecule has 1 amide bonds. The number of sulfone groups is 1. The Hall–Kier alpha value is -1.40. The zero-order chi connectivity index (χ0) is 15.0. The maximum absolute atomic E-state index is 12.3. The van der Waals surface area contributed by atoms with Gasteiger partial charge in [-0.05, 0) is 49.4 Å². The van der Waals surface area contributed by atoms with E-state index in [0.717, 1.165) is 24.8 Å². The third-order valence-corrected chi connectivity index (χ3v) is 6.40. The van der Waals surface area contributed by atoms with Crippen LogP contribution in [0.5, 0.6) is 0 Å². The van der Waals surface area contributed by atoms with Gasteiger partial charge in [-0.3, -0.25) is 4.79 Å². The molecular formula is C15H20N2O3S. The van der Waals surface area contributed by atoms with E-state index in [4.69, 9.17) is 5.73 Å². The molecule has 0 spiro atoms. The molecule has 1 saturated carbocycles. The van der Waals surface area contributed by atoms with E-state index in [2.05, 4.69) is 5.32 Å². The summed E-state index contributed by atoms with van der Waals surface area (Å²) in [5, 5.41) is 2.86. The van der Waals surface area contributed by atoms with Crippen LogP contribution in [-0.4, -0.2) is 26.6 Å². The molecule has 6 heteroatoms. The van der Waals surface area contributed by atoms with Crippen molar-refractivity contribution in [2.75, 3.05) is 17.6 Å². The highest BCUT2D eigenvalue weighted by Crippen LogP contribution is 2.33. The number of amides is 1. The number of rotatable bonds is 3. The van der Waals surface area contributed by atoms with Gasteiger partial charge in [0, 0.05) is 11.6 Å². The highest BCUT2D eigenvalue weighted by Gasteiger charge is 2.32. The molecule has 2 aliphatic rings. The van der Waals surface area contributed by atoms with Crippen LogP contribution in [0.15, 0.2) is 23.1 Å². The molecule has 3 N–H and O–H groups in total. The van der Waals surface area contributed by atoms with Gasteiger partial charge in [-0.25, -0.2) is 8.42 Å². The Balaban J connectivity index is 1.79. The van der Waals surface area contributed by atoms with Gasteiger partial charge in [0.15, 0.2) is 9.84 Å². The van der Waals surface area contributed by atoms with Crippen LogP contribution in [0.25, 0.3) is 0 Å². The molecule has 114 valence electrons. The highest BCUT2D eigenvalue weighted by molar-refractivity contribution is 7.91. The Bertz CT molecular complexity index is 669. The lowest BCUT2D eigenvalue weighted by Gasteiger charge is -2.17. The van der Waals surface area contributed by atoms with E-state index in [0.29, 0.717) is 23.5 Å². The average molecular weight is 308 g/mol. The Kier molecular flexibility index (Phi) is 3.75. The zero-order valence-electron chi connectivity index (χ0n) is 11.8. The van der Waals surface area contributed by atoms with Gasteiger partial charge in [0.05, 0.1) is 10.6 Å². The molecular weight excluding hydrogens is 288 g/mol. The summed E-state index contributed by atoms with van der Waals surface area (Å²) in [4.78, 5) is 12.7. The molecule has 21 heavy (non-hydrogen) atoms. The van der Waals surface area contributed by atoms with Crippen LogP contribution in [0.3, 0.4) is 0 Å². The van der Waals surface area contributed by atoms with E-state index in [-0.39, 0.29) is 23.5 Å². The number of carbonyl (C=O) groups excluding carboxylic acids is 1. The van der Waals surface area contributed by atoms with E-state index >= 15 is 0 Å². The smallest absolute Gasteiger partial charge is 0.227 e. The Labute approximate surface area is 124 Å². The van der Waals surface area contributed by atoms with Crippen LogP contribution in [-0.2, 0) is 21.1 Å². The topological polar surface area (TPSA) is 89.3 Å². The van der Waals surface area contributed by atoms with Crippen molar-refractivity contribution in [3.63, 3.8) is 0 Å². The Morgan fingerprint density at radius 2 is 2.14 bits per heavy atom. The predicted molar refractivity (Wildman–Crippen MR) is 80.7 cm³/mol. The molecule has 0 bridgehead atoms. The monoisotopic (exact) mass is 308 g/mol. The van der Waals surface area contributed by atoms with Crippen molar-refractivity contribution in [1.29, 1.82) is 0 Å². The second-order valence-electron chi connectivity index (χ2n) is 5.91. The molecule has 2 atom stereocenters. The van der Waals surface area contributed by atoms with Gasteiger partial charge in [0.1, 0.15) is 0 Å². The molecule has 1 aromatic carbocycles. The van der Waals surface area contributed by atoms with Crippen molar-refractivity contribution in [3.05, 3.63) is 23.8 Å². The number of hydrogen-bond donors (Lipinski definition) is 2.